The van der Waals surface area contributed by atoms with E-state index in [1.807, 2.05) is 6.92 Å². The zero-order valence-electron chi connectivity index (χ0n) is 15.1. The van der Waals surface area contributed by atoms with Gasteiger partial charge in [-0.25, -0.2) is 0 Å². The first-order valence-electron chi connectivity index (χ1n) is 8.81. The highest BCUT2D eigenvalue weighted by atomic mass is 16.2. The molecular formula is C19H29N3O2. The minimum Gasteiger partial charge on any atom is -0.355 e. The number of amides is 2. The summed E-state index contributed by atoms with van der Waals surface area (Å²) >= 11 is 0. The molecule has 1 aromatic carbocycles. The SMILES string of the molecule is CNC(=O)c1cccc(NC(=O)[C@H](C)N[C@@H]2CCC[C@H](C)[C@H]2C)c1. The van der Waals surface area contributed by atoms with Gasteiger partial charge in [0.05, 0.1) is 6.04 Å². The second-order valence-corrected chi connectivity index (χ2v) is 6.91. The lowest BCUT2D eigenvalue weighted by Crippen LogP contribution is -2.49. The summed E-state index contributed by atoms with van der Waals surface area (Å²) in [6.45, 7) is 6.44. The highest BCUT2D eigenvalue weighted by Gasteiger charge is 2.29. The number of hydrogen-bond donors (Lipinski definition) is 3. The van der Waals surface area contributed by atoms with E-state index in [2.05, 4.69) is 29.8 Å². The summed E-state index contributed by atoms with van der Waals surface area (Å²) in [4.78, 5) is 24.1. The van der Waals surface area contributed by atoms with Crippen LogP contribution in [0.5, 0.6) is 0 Å². The molecule has 5 nitrogen and oxygen atoms in total. The molecule has 3 N–H and O–H groups in total. The number of anilines is 1. The third-order valence-electron chi connectivity index (χ3n) is 5.18. The van der Waals surface area contributed by atoms with Crippen LogP contribution in [0.25, 0.3) is 0 Å². The van der Waals surface area contributed by atoms with Crippen LogP contribution in [0.3, 0.4) is 0 Å². The van der Waals surface area contributed by atoms with Crippen molar-refractivity contribution >= 4 is 17.5 Å². The molecule has 0 aromatic heterocycles. The molecule has 0 radical (unpaired) electrons. The van der Waals surface area contributed by atoms with Crippen molar-refractivity contribution in [1.29, 1.82) is 0 Å². The largest absolute Gasteiger partial charge is 0.355 e. The maximum Gasteiger partial charge on any atom is 0.251 e. The Morgan fingerprint density at radius 2 is 1.96 bits per heavy atom. The molecule has 0 spiro atoms. The first-order valence-corrected chi connectivity index (χ1v) is 8.81. The van der Waals surface area contributed by atoms with Crippen LogP contribution in [0, 0.1) is 11.8 Å². The standard InChI is InChI=1S/C19H29N3O2/c1-12-7-5-10-17(13(12)2)21-14(3)18(23)22-16-9-6-8-15(11-16)19(24)20-4/h6,8-9,11-14,17,21H,5,7,10H2,1-4H3,(H,20,24)(H,22,23)/t12-,13+,14-,17+/m0/s1. The number of carbonyl (C=O) groups excluding carboxylic acids is 2. The van der Waals surface area contributed by atoms with Crippen LogP contribution >= 0.6 is 0 Å². The number of carbonyl (C=O) groups is 2. The molecule has 0 aliphatic heterocycles. The molecule has 24 heavy (non-hydrogen) atoms. The van der Waals surface area contributed by atoms with Gasteiger partial charge in [0.2, 0.25) is 5.91 Å². The smallest absolute Gasteiger partial charge is 0.251 e. The summed E-state index contributed by atoms with van der Waals surface area (Å²) in [6, 6.07) is 7.08. The molecule has 132 valence electrons. The van der Waals surface area contributed by atoms with E-state index in [1.54, 1.807) is 31.3 Å². The summed E-state index contributed by atoms with van der Waals surface area (Å²) in [5.41, 5.74) is 1.17. The van der Waals surface area contributed by atoms with E-state index < -0.39 is 0 Å². The lowest BCUT2D eigenvalue weighted by Gasteiger charge is -2.36. The molecule has 0 heterocycles. The zero-order chi connectivity index (χ0) is 17.7. The number of nitrogens with one attached hydrogen (secondary N) is 3. The van der Waals surface area contributed by atoms with Crippen molar-refractivity contribution in [1.82, 2.24) is 10.6 Å². The van der Waals surface area contributed by atoms with Crippen LogP contribution < -0.4 is 16.0 Å². The minimum absolute atomic E-state index is 0.0746. The van der Waals surface area contributed by atoms with Crippen molar-refractivity contribution in [2.24, 2.45) is 11.8 Å². The van der Waals surface area contributed by atoms with Crippen molar-refractivity contribution in [2.75, 3.05) is 12.4 Å². The molecule has 0 saturated heterocycles. The van der Waals surface area contributed by atoms with Gasteiger partial charge >= 0.3 is 0 Å². The van der Waals surface area contributed by atoms with E-state index >= 15 is 0 Å². The van der Waals surface area contributed by atoms with Crippen LogP contribution in [0.2, 0.25) is 0 Å². The molecule has 1 aliphatic carbocycles. The van der Waals surface area contributed by atoms with Gasteiger partial charge in [-0.3, -0.25) is 9.59 Å². The second kappa shape index (κ2) is 8.29. The molecule has 2 rings (SSSR count). The van der Waals surface area contributed by atoms with E-state index in [0.717, 1.165) is 6.42 Å². The van der Waals surface area contributed by atoms with Gasteiger partial charge in [0.15, 0.2) is 0 Å². The van der Waals surface area contributed by atoms with Gasteiger partial charge < -0.3 is 16.0 Å². The lowest BCUT2D eigenvalue weighted by molar-refractivity contribution is -0.118. The Kier molecular flexibility index (Phi) is 6.37. The van der Waals surface area contributed by atoms with Crippen LogP contribution in [-0.2, 0) is 4.79 Å². The molecule has 2 amide bonds. The highest BCUT2D eigenvalue weighted by molar-refractivity contribution is 5.98. The maximum absolute atomic E-state index is 12.5. The summed E-state index contributed by atoms with van der Waals surface area (Å²) in [7, 11) is 1.59. The van der Waals surface area contributed by atoms with E-state index in [1.165, 1.54) is 12.8 Å². The Bertz CT molecular complexity index is 588. The van der Waals surface area contributed by atoms with Gasteiger partial charge in [0.25, 0.3) is 5.91 Å². The normalized spacial score (nSPS) is 24.9. The Morgan fingerprint density at radius 1 is 1.21 bits per heavy atom. The molecule has 5 heteroatoms. The fraction of sp³-hybridized carbons (Fsp3) is 0.579. The lowest BCUT2D eigenvalue weighted by atomic mass is 9.78. The van der Waals surface area contributed by atoms with Crippen molar-refractivity contribution in [3.8, 4) is 0 Å². The summed E-state index contributed by atoms with van der Waals surface area (Å²) in [5.74, 6) is 1.03. The summed E-state index contributed by atoms with van der Waals surface area (Å²) in [5, 5.41) is 8.96. The molecule has 1 fully saturated rings. The van der Waals surface area contributed by atoms with Crippen LogP contribution in [0.4, 0.5) is 5.69 Å². The van der Waals surface area contributed by atoms with Crippen molar-refractivity contribution in [2.45, 2.75) is 52.1 Å². The van der Waals surface area contributed by atoms with Gasteiger partial charge in [-0.15, -0.1) is 0 Å². The molecule has 0 bridgehead atoms. The quantitative estimate of drug-likeness (QED) is 0.777. The highest BCUT2D eigenvalue weighted by Crippen LogP contribution is 2.29. The molecule has 0 unspecified atom stereocenters. The Balaban J connectivity index is 1.95. The van der Waals surface area contributed by atoms with Crippen LogP contribution in [0.1, 0.15) is 50.4 Å². The number of hydrogen-bond acceptors (Lipinski definition) is 3. The zero-order valence-corrected chi connectivity index (χ0v) is 15.1. The number of rotatable bonds is 5. The van der Waals surface area contributed by atoms with E-state index in [-0.39, 0.29) is 17.9 Å². The van der Waals surface area contributed by atoms with Gasteiger partial charge in [-0.1, -0.05) is 32.8 Å². The Morgan fingerprint density at radius 3 is 2.67 bits per heavy atom. The summed E-state index contributed by atoms with van der Waals surface area (Å²) < 4.78 is 0. The number of benzene rings is 1. The van der Waals surface area contributed by atoms with Crippen molar-refractivity contribution < 1.29 is 9.59 Å². The molecule has 4 atom stereocenters. The first kappa shape index (κ1) is 18.5. The van der Waals surface area contributed by atoms with Crippen LogP contribution in [0.15, 0.2) is 24.3 Å². The minimum atomic E-state index is -0.272. The first-order chi connectivity index (χ1) is 11.4. The Hall–Kier alpha value is -1.88. The van der Waals surface area contributed by atoms with Gasteiger partial charge in [-0.2, -0.15) is 0 Å². The average Bonchev–Trinajstić information content (AvgIpc) is 2.58. The van der Waals surface area contributed by atoms with Gasteiger partial charge in [0.1, 0.15) is 0 Å². The predicted molar refractivity (Wildman–Crippen MR) is 97.0 cm³/mol. The monoisotopic (exact) mass is 331 g/mol. The topological polar surface area (TPSA) is 70.2 Å². The molecule has 1 saturated carbocycles. The van der Waals surface area contributed by atoms with E-state index in [0.29, 0.717) is 29.1 Å². The van der Waals surface area contributed by atoms with Gasteiger partial charge in [-0.05, 0) is 43.4 Å². The maximum atomic E-state index is 12.5. The van der Waals surface area contributed by atoms with Gasteiger partial charge in [0, 0.05) is 24.3 Å². The third-order valence-corrected chi connectivity index (χ3v) is 5.18. The molecule has 1 aromatic rings. The predicted octanol–water partition coefficient (Wildman–Crippen LogP) is 2.79. The van der Waals surface area contributed by atoms with E-state index in [4.69, 9.17) is 0 Å². The average molecular weight is 331 g/mol. The second-order valence-electron chi connectivity index (χ2n) is 6.91. The van der Waals surface area contributed by atoms with Crippen molar-refractivity contribution in [3.63, 3.8) is 0 Å². The fourth-order valence-electron chi connectivity index (χ4n) is 3.35. The Labute approximate surface area is 144 Å². The van der Waals surface area contributed by atoms with Crippen LogP contribution in [-0.4, -0.2) is 30.9 Å². The fourth-order valence-corrected chi connectivity index (χ4v) is 3.35. The van der Waals surface area contributed by atoms with E-state index in [9.17, 15) is 9.59 Å². The van der Waals surface area contributed by atoms with Crippen molar-refractivity contribution in [3.05, 3.63) is 29.8 Å². The molecule has 1 aliphatic rings. The summed E-state index contributed by atoms with van der Waals surface area (Å²) in [6.07, 6.45) is 3.60. The molecular weight excluding hydrogens is 302 g/mol. The third kappa shape index (κ3) is 4.57.